The predicted molar refractivity (Wildman–Crippen MR) is 129 cm³/mol. The third-order valence-electron chi connectivity index (χ3n) is 8.11. The van der Waals surface area contributed by atoms with E-state index < -0.39 is 11.5 Å². The fraction of sp³-hybridized carbons (Fsp3) is 0.500. The van der Waals surface area contributed by atoms with Crippen LogP contribution in [0, 0.1) is 17.2 Å². The molecule has 182 valence electrons. The summed E-state index contributed by atoms with van der Waals surface area (Å²) in [5, 5.41) is 21.1. The van der Waals surface area contributed by atoms with Gasteiger partial charge in [0.2, 0.25) is 0 Å². The first-order valence-corrected chi connectivity index (χ1v) is 12.5. The van der Waals surface area contributed by atoms with Crippen LogP contribution in [0.3, 0.4) is 0 Å². The molecule has 3 aromatic rings. The summed E-state index contributed by atoms with van der Waals surface area (Å²) in [5.41, 5.74) is 0.192. The van der Waals surface area contributed by atoms with Crippen LogP contribution in [-0.4, -0.2) is 21.3 Å². The quantitative estimate of drug-likeness (QED) is 0.450. The molecule has 3 aliphatic rings. The Morgan fingerprint density at radius 3 is 2.77 bits per heavy atom. The summed E-state index contributed by atoms with van der Waals surface area (Å²) in [4.78, 5) is 15.5. The van der Waals surface area contributed by atoms with E-state index in [9.17, 15) is 10.1 Å². The summed E-state index contributed by atoms with van der Waals surface area (Å²) in [6.45, 7) is 0.589. The standard InChI is InChI=1S/C26H28F2N6O/c27-26(28)19-14-17(8-9-18(19)25(26)11-4-5-12-31-25)32-23-22-21(10-13-30-24(22)35)34(33-23)20-7-3-1-2-6-16(20)15-29/h8-10,13-14,16,20,31H,1-7,11-12H2,(H,30,35)(H,32,33)/t16-,20+,25?/m1/s1. The highest BCUT2D eigenvalue weighted by atomic mass is 19.3. The van der Waals surface area contributed by atoms with Gasteiger partial charge >= 0.3 is 0 Å². The number of fused-ring (bicyclic) bond motifs is 3. The summed E-state index contributed by atoms with van der Waals surface area (Å²) >= 11 is 0. The van der Waals surface area contributed by atoms with E-state index >= 15 is 8.78 Å². The van der Waals surface area contributed by atoms with E-state index in [-0.39, 0.29) is 23.1 Å². The molecular weight excluding hydrogens is 450 g/mol. The maximum atomic E-state index is 15.3. The second-order valence-corrected chi connectivity index (χ2v) is 10.1. The van der Waals surface area contributed by atoms with E-state index in [4.69, 9.17) is 5.10 Å². The van der Waals surface area contributed by atoms with Crippen molar-refractivity contribution in [2.24, 2.45) is 5.92 Å². The van der Waals surface area contributed by atoms with Gasteiger partial charge in [0.05, 0.1) is 23.5 Å². The number of benzene rings is 1. The number of alkyl halides is 2. The Kier molecular flexibility index (Phi) is 5.18. The molecule has 3 N–H and O–H groups in total. The maximum absolute atomic E-state index is 15.3. The zero-order valence-corrected chi connectivity index (χ0v) is 19.4. The molecule has 0 amide bonds. The molecule has 7 nitrogen and oxygen atoms in total. The number of hydrogen-bond donors (Lipinski definition) is 3. The molecule has 1 unspecified atom stereocenters. The summed E-state index contributed by atoms with van der Waals surface area (Å²) in [6, 6.07) is 9.09. The molecule has 3 heterocycles. The van der Waals surface area contributed by atoms with Crippen LogP contribution in [-0.2, 0) is 11.5 Å². The van der Waals surface area contributed by atoms with Crippen LogP contribution in [0.25, 0.3) is 10.9 Å². The topological polar surface area (TPSA) is 98.5 Å². The van der Waals surface area contributed by atoms with Crippen LogP contribution in [0.4, 0.5) is 20.3 Å². The minimum Gasteiger partial charge on any atom is -0.338 e. The van der Waals surface area contributed by atoms with Crippen molar-refractivity contribution in [1.29, 1.82) is 5.26 Å². The van der Waals surface area contributed by atoms with Crippen molar-refractivity contribution in [2.45, 2.75) is 68.9 Å². The van der Waals surface area contributed by atoms with Gasteiger partial charge in [0.1, 0.15) is 10.9 Å². The van der Waals surface area contributed by atoms with Gasteiger partial charge in [-0.1, -0.05) is 25.3 Å². The molecule has 2 aliphatic carbocycles. The van der Waals surface area contributed by atoms with Crippen molar-refractivity contribution in [3.05, 3.63) is 51.9 Å². The van der Waals surface area contributed by atoms with Crippen LogP contribution in [0.2, 0.25) is 0 Å². The molecule has 1 aliphatic heterocycles. The molecule has 0 radical (unpaired) electrons. The normalized spacial score (nSPS) is 27.6. The Bertz CT molecular complexity index is 1380. The largest absolute Gasteiger partial charge is 0.338 e. The number of pyridine rings is 1. The van der Waals surface area contributed by atoms with Gasteiger partial charge in [0.15, 0.2) is 5.82 Å². The van der Waals surface area contributed by atoms with E-state index in [0.717, 1.165) is 44.9 Å². The SMILES string of the molecule is N#C[C@H]1CCCCC[C@@H]1n1nc(Nc2ccc3c(c2)C(F)(F)C32CCCCN2)c2c(=O)[nH]ccc21. The average Bonchev–Trinajstić information content (AvgIpc) is 3.07. The number of rotatable bonds is 3. The lowest BCUT2D eigenvalue weighted by atomic mass is 9.63. The van der Waals surface area contributed by atoms with Crippen molar-refractivity contribution < 1.29 is 8.78 Å². The smallest absolute Gasteiger partial charge is 0.295 e. The maximum Gasteiger partial charge on any atom is 0.295 e. The average molecular weight is 479 g/mol. The highest BCUT2D eigenvalue weighted by Gasteiger charge is 2.66. The van der Waals surface area contributed by atoms with Crippen molar-refractivity contribution >= 4 is 22.4 Å². The van der Waals surface area contributed by atoms with Crippen molar-refractivity contribution in [1.82, 2.24) is 20.1 Å². The molecule has 6 rings (SSSR count). The lowest BCUT2D eigenvalue weighted by Gasteiger charge is -2.53. The minimum atomic E-state index is -2.96. The number of nitrogens with zero attached hydrogens (tertiary/aromatic N) is 3. The number of hydrogen-bond acceptors (Lipinski definition) is 5. The van der Waals surface area contributed by atoms with Gasteiger partial charge in [-0.05, 0) is 62.4 Å². The third-order valence-corrected chi connectivity index (χ3v) is 8.11. The summed E-state index contributed by atoms with van der Waals surface area (Å²) in [7, 11) is 0. The Balaban J connectivity index is 1.39. The molecule has 1 aromatic carbocycles. The van der Waals surface area contributed by atoms with Gasteiger partial charge in [-0.15, -0.1) is 0 Å². The molecule has 35 heavy (non-hydrogen) atoms. The number of piperidine rings is 1. The first kappa shape index (κ1) is 22.2. The molecule has 1 saturated heterocycles. The summed E-state index contributed by atoms with van der Waals surface area (Å²) in [6.07, 6.45) is 8.35. The number of nitriles is 1. The Morgan fingerprint density at radius 1 is 1.11 bits per heavy atom. The van der Waals surface area contributed by atoms with Crippen LogP contribution in [0.5, 0.6) is 0 Å². The van der Waals surface area contributed by atoms with E-state index in [1.165, 1.54) is 6.07 Å². The highest BCUT2D eigenvalue weighted by Crippen LogP contribution is 2.60. The third kappa shape index (κ3) is 3.23. The lowest BCUT2D eigenvalue weighted by Crippen LogP contribution is -2.63. The number of H-pyrrole nitrogens is 1. The van der Waals surface area contributed by atoms with E-state index in [1.807, 2.05) is 0 Å². The summed E-state index contributed by atoms with van der Waals surface area (Å²) in [5.74, 6) is -2.84. The van der Waals surface area contributed by atoms with Crippen LogP contribution < -0.4 is 16.2 Å². The molecule has 2 fully saturated rings. The van der Waals surface area contributed by atoms with E-state index in [1.54, 1.807) is 29.1 Å². The van der Waals surface area contributed by atoms with Gasteiger partial charge in [-0.2, -0.15) is 19.1 Å². The van der Waals surface area contributed by atoms with E-state index in [0.29, 0.717) is 40.9 Å². The zero-order chi connectivity index (χ0) is 24.2. The Hall–Kier alpha value is -3.25. The number of halogens is 2. The zero-order valence-electron chi connectivity index (χ0n) is 19.4. The Morgan fingerprint density at radius 2 is 1.97 bits per heavy atom. The Labute approximate surface area is 201 Å². The van der Waals surface area contributed by atoms with Gasteiger partial charge in [-0.3, -0.25) is 9.48 Å². The molecule has 2 aromatic heterocycles. The molecule has 1 saturated carbocycles. The number of aromatic amines is 1. The first-order chi connectivity index (χ1) is 17.0. The van der Waals surface area contributed by atoms with Gasteiger partial charge in [-0.25, -0.2) is 0 Å². The molecule has 1 spiro atoms. The van der Waals surface area contributed by atoms with Crippen LogP contribution in [0.15, 0.2) is 35.3 Å². The fourth-order valence-electron chi connectivity index (χ4n) is 6.30. The molecule has 9 heteroatoms. The highest BCUT2D eigenvalue weighted by molar-refractivity contribution is 5.91. The number of aromatic nitrogens is 3. The number of anilines is 2. The predicted octanol–water partition coefficient (Wildman–Crippen LogP) is 5.19. The van der Waals surface area contributed by atoms with Crippen molar-refractivity contribution in [3.8, 4) is 6.07 Å². The van der Waals surface area contributed by atoms with Gasteiger partial charge in [0.25, 0.3) is 11.5 Å². The first-order valence-electron chi connectivity index (χ1n) is 12.5. The van der Waals surface area contributed by atoms with Gasteiger partial charge in [0, 0.05) is 17.4 Å². The van der Waals surface area contributed by atoms with Crippen LogP contribution in [0.1, 0.15) is 68.5 Å². The van der Waals surface area contributed by atoms with Gasteiger partial charge < -0.3 is 15.6 Å². The van der Waals surface area contributed by atoms with E-state index in [2.05, 4.69) is 21.7 Å². The molecular formula is C26H28F2N6O. The van der Waals surface area contributed by atoms with Crippen LogP contribution >= 0.6 is 0 Å². The summed E-state index contributed by atoms with van der Waals surface area (Å²) < 4.78 is 32.4. The molecule has 0 bridgehead atoms. The number of nitrogens with one attached hydrogen (secondary N) is 3. The second-order valence-electron chi connectivity index (χ2n) is 10.1. The minimum absolute atomic E-state index is 0.0165. The van der Waals surface area contributed by atoms with Crippen molar-refractivity contribution in [3.63, 3.8) is 0 Å². The lowest BCUT2D eigenvalue weighted by molar-refractivity contribution is -0.144. The molecule has 3 atom stereocenters. The monoisotopic (exact) mass is 478 g/mol. The fourth-order valence-corrected chi connectivity index (χ4v) is 6.30. The van der Waals surface area contributed by atoms with Crippen molar-refractivity contribution in [2.75, 3.05) is 11.9 Å². The second kappa shape index (κ2) is 8.16.